The molecule has 1 fully saturated rings. The van der Waals surface area contributed by atoms with Crippen LogP contribution in [0.15, 0.2) is 24.0 Å². The van der Waals surface area contributed by atoms with Gasteiger partial charge in [0.05, 0.1) is 6.26 Å². The molecule has 0 aromatic rings. The minimum absolute atomic E-state index is 0.0311. The molecule has 2 heterocycles. The van der Waals surface area contributed by atoms with Crippen LogP contribution in [0.1, 0.15) is 19.3 Å². The Morgan fingerprint density at radius 1 is 1.33 bits per heavy atom. The second kappa shape index (κ2) is 4.98. The Labute approximate surface area is 89.6 Å². The lowest BCUT2D eigenvalue weighted by Crippen LogP contribution is -2.45. The number of piperidine rings is 1. The molecule has 1 N–H and O–H groups in total. The van der Waals surface area contributed by atoms with Gasteiger partial charge in [0.2, 0.25) is 0 Å². The van der Waals surface area contributed by atoms with Crippen LogP contribution < -0.4 is 5.43 Å². The third-order valence-electron chi connectivity index (χ3n) is 2.62. The quantitative estimate of drug-likeness (QED) is 0.735. The van der Waals surface area contributed by atoms with Crippen LogP contribution in [0.2, 0.25) is 0 Å². The number of hydrazine groups is 1. The molecule has 4 nitrogen and oxygen atoms in total. The fourth-order valence-electron chi connectivity index (χ4n) is 1.77. The summed E-state index contributed by atoms with van der Waals surface area (Å²) in [6.45, 7) is 2.40. The van der Waals surface area contributed by atoms with Crippen LogP contribution in [-0.2, 0) is 9.53 Å². The first-order chi connectivity index (χ1) is 7.36. The van der Waals surface area contributed by atoms with E-state index in [0.29, 0.717) is 12.2 Å². The van der Waals surface area contributed by atoms with Gasteiger partial charge in [-0.25, -0.2) is 5.01 Å². The van der Waals surface area contributed by atoms with Gasteiger partial charge in [-0.05, 0) is 25.0 Å². The van der Waals surface area contributed by atoms with Crippen molar-refractivity contribution in [1.82, 2.24) is 10.4 Å². The maximum absolute atomic E-state index is 11.7. The van der Waals surface area contributed by atoms with Crippen LogP contribution in [0, 0.1) is 0 Å². The first-order valence-electron chi connectivity index (χ1n) is 5.40. The summed E-state index contributed by atoms with van der Waals surface area (Å²) in [5.41, 5.74) is 3.59. The Hall–Kier alpha value is -1.29. The van der Waals surface area contributed by atoms with Gasteiger partial charge in [-0.1, -0.05) is 6.42 Å². The van der Waals surface area contributed by atoms with Crippen molar-refractivity contribution < 1.29 is 9.53 Å². The average molecular weight is 208 g/mol. The van der Waals surface area contributed by atoms with Crippen molar-refractivity contribution in [2.45, 2.75) is 19.3 Å². The van der Waals surface area contributed by atoms with E-state index in [9.17, 15) is 4.79 Å². The molecule has 0 spiro atoms. The van der Waals surface area contributed by atoms with Crippen molar-refractivity contribution in [3.8, 4) is 0 Å². The van der Waals surface area contributed by atoms with E-state index in [4.69, 9.17) is 4.74 Å². The second-order valence-corrected chi connectivity index (χ2v) is 3.78. The van der Waals surface area contributed by atoms with Gasteiger partial charge in [-0.15, -0.1) is 0 Å². The molecule has 1 saturated heterocycles. The molecule has 0 aliphatic carbocycles. The lowest BCUT2D eigenvalue weighted by molar-refractivity contribution is -0.122. The number of nitrogens with one attached hydrogen (secondary N) is 1. The van der Waals surface area contributed by atoms with Gasteiger partial charge >= 0.3 is 0 Å². The number of carbonyl (C=O) groups excluding carboxylic acids is 1. The maximum atomic E-state index is 11.7. The highest BCUT2D eigenvalue weighted by atomic mass is 16.5. The SMILES string of the molecule is O=C(NN1CCCCC1)C1=CCOC=C1. The van der Waals surface area contributed by atoms with E-state index < -0.39 is 0 Å². The Balaban J connectivity index is 1.85. The van der Waals surface area contributed by atoms with Crippen molar-refractivity contribution in [2.75, 3.05) is 19.7 Å². The van der Waals surface area contributed by atoms with E-state index in [1.54, 1.807) is 18.4 Å². The fourth-order valence-corrected chi connectivity index (χ4v) is 1.77. The molecule has 2 aliphatic rings. The zero-order valence-electron chi connectivity index (χ0n) is 8.74. The molecule has 0 bridgehead atoms. The second-order valence-electron chi connectivity index (χ2n) is 3.78. The van der Waals surface area contributed by atoms with Gasteiger partial charge in [0, 0.05) is 18.7 Å². The van der Waals surface area contributed by atoms with Gasteiger partial charge in [-0.2, -0.15) is 0 Å². The van der Waals surface area contributed by atoms with Gasteiger partial charge in [0.15, 0.2) is 0 Å². The Bertz CT molecular complexity index is 291. The van der Waals surface area contributed by atoms with Crippen LogP contribution in [0.5, 0.6) is 0 Å². The minimum atomic E-state index is -0.0311. The van der Waals surface area contributed by atoms with Gasteiger partial charge < -0.3 is 4.74 Å². The van der Waals surface area contributed by atoms with Crippen molar-refractivity contribution in [2.24, 2.45) is 0 Å². The van der Waals surface area contributed by atoms with Crippen molar-refractivity contribution >= 4 is 5.91 Å². The summed E-state index contributed by atoms with van der Waals surface area (Å²) < 4.78 is 4.99. The van der Waals surface area contributed by atoms with E-state index >= 15 is 0 Å². The third-order valence-corrected chi connectivity index (χ3v) is 2.62. The summed E-state index contributed by atoms with van der Waals surface area (Å²) in [5, 5.41) is 2.00. The van der Waals surface area contributed by atoms with E-state index in [1.807, 2.05) is 5.01 Å². The molecular weight excluding hydrogens is 192 g/mol. The van der Waals surface area contributed by atoms with E-state index in [2.05, 4.69) is 5.43 Å². The van der Waals surface area contributed by atoms with Crippen LogP contribution >= 0.6 is 0 Å². The molecule has 2 aliphatic heterocycles. The molecule has 4 heteroatoms. The first-order valence-corrected chi connectivity index (χ1v) is 5.40. The first kappa shape index (κ1) is 10.2. The van der Waals surface area contributed by atoms with E-state index in [-0.39, 0.29) is 5.91 Å². The number of hydrogen-bond acceptors (Lipinski definition) is 3. The van der Waals surface area contributed by atoms with Gasteiger partial charge in [-0.3, -0.25) is 10.2 Å². The number of carbonyl (C=O) groups is 1. The summed E-state index contributed by atoms with van der Waals surface area (Å²) >= 11 is 0. The maximum Gasteiger partial charge on any atom is 0.265 e. The lowest BCUT2D eigenvalue weighted by atomic mass is 10.1. The molecule has 0 radical (unpaired) electrons. The third kappa shape index (κ3) is 2.83. The average Bonchev–Trinajstić information content (AvgIpc) is 2.31. The Morgan fingerprint density at radius 3 is 2.80 bits per heavy atom. The predicted octanol–water partition coefficient (Wildman–Crippen LogP) is 0.974. The number of amides is 1. The Morgan fingerprint density at radius 2 is 2.13 bits per heavy atom. The topological polar surface area (TPSA) is 41.6 Å². The normalized spacial score (nSPS) is 21.7. The van der Waals surface area contributed by atoms with Crippen molar-refractivity contribution in [1.29, 1.82) is 0 Å². The zero-order valence-corrected chi connectivity index (χ0v) is 8.74. The number of nitrogens with zero attached hydrogens (tertiary/aromatic N) is 1. The molecule has 15 heavy (non-hydrogen) atoms. The predicted molar refractivity (Wildman–Crippen MR) is 56.7 cm³/mol. The lowest BCUT2D eigenvalue weighted by Gasteiger charge is -2.27. The summed E-state index contributed by atoms with van der Waals surface area (Å²) in [5.74, 6) is -0.0311. The molecule has 0 aromatic heterocycles. The highest BCUT2D eigenvalue weighted by Gasteiger charge is 2.15. The summed E-state index contributed by atoms with van der Waals surface area (Å²) in [4.78, 5) is 11.7. The summed E-state index contributed by atoms with van der Waals surface area (Å²) in [6, 6.07) is 0. The van der Waals surface area contributed by atoms with Crippen LogP contribution in [0.4, 0.5) is 0 Å². The molecular formula is C11H16N2O2. The van der Waals surface area contributed by atoms with Crippen LogP contribution in [-0.4, -0.2) is 30.6 Å². The molecule has 82 valence electrons. The van der Waals surface area contributed by atoms with Crippen molar-refractivity contribution in [3.05, 3.63) is 24.0 Å². The number of ether oxygens (including phenoxy) is 1. The molecule has 0 saturated carbocycles. The monoisotopic (exact) mass is 208 g/mol. The summed E-state index contributed by atoms with van der Waals surface area (Å²) in [6.07, 6.45) is 8.65. The number of rotatable bonds is 2. The molecule has 0 aromatic carbocycles. The van der Waals surface area contributed by atoms with Gasteiger partial charge in [0.25, 0.3) is 5.91 Å². The molecule has 0 unspecified atom stereocenters. The number of hydrogen-bond donors (Lipinski definition) is 1. The Kier molecular flexibility index (Phi) is 3.40. The van der Waals surface area contributed by atoms with Crippen LogP contribution in [0.3, 0.4) is 0 Å². The molecule has 2 rings (SSSR count). The highest BCUT2D eigenvalue weighted by Crippen LogP contribution is 2.08. The van der Waals surface area contributed by atoms with Crippen molar-refractivity contribution in [3.63, 3.8) is 0 Å². The molecule has 0 atom stereocenters. The molecule has 1 amide bonds. The van der Waals surface area contributed by atoms with E-state index in [1.165, 1.54) is 6.42 Å². The standard InChI is InChI=1S/C11H16N2O2/c14-11(10-4-8-15-9-5-10)12-13-6-2-1-3-7-13/h4-5,8H,1-3,6-7,9H2,(H,12,14). The zero-order chi connectivity index (χ0) is 10.5. The van der Waals surface area contributed by atoms with E-state index in [0.717, 1.165) is 25.9 Å². The van der Waals surface area contributed by atoms with Crippen LogP contribution in [0.25, 0.3) is 0 Å². The minimum Gasteiger partial charge on any atom is -0.497 e. The fraction of sp³-hybridized carbons (Fsp3) is 0.545. The van der Waals surface area contributed by atoms with Gasteiger partial charge in [0.1, 0.15) is 6.61 Å². The smallest absolute Gasteiger partial charge is 0.265 e. The summed E-state index contributed by atoms with van der Waals surface area (Å²) in [7, 11) is 0. The largest absolute Gasteiger partial charge is 0.497 e. The highest BCUT2D eigenvalue weighted by molar-refractivity contribution is 5.95.